The van der Waals surface area contributed by atoms with Gasteiger partial charge >= 0.3 is 0 Å². The Morgan fingerprint density at radius 3 is 2.92 bits per heavy atom. The van der Waals surface area contributed by atoms with Crippen molar-refractivity contribution in [2.75, 3.05) is 24.6 Å². The summed E-state index contributed by atoms with van der Waals surface area (Å²) >= 11 is 0. The van der Waals surface area contributed by atoms with E-state index in [1.165, 1.54) is 0 Å². The lowest BCUT2D eigenvalue weighted by molar-refractivity contribution is 0.0949. The Kier molecular flexibility index (Phi) is 5.28. The second kappa shape index (κ2) is 7.60. The molecule has 0 bridgehead atoms. The molecular formula is C17H23N5O3. The molecule has 1 aliphatic rings. The molecule has 2 N–H and O–H groups in total. The van der Waals surface area contributed by atoms with Gasteiger partial charge in [-0.1, -0.05) is 19.0 Å². The number of amides is 1. The fraction of sp³-hybridized carbons (Fsp3) is 0.529. The minimum atomic E-state index is -0.232. The number of pyridine rings is 1. The average molecular weight is 345 g/mol. The number of nitrogens with zero attached hydrogens (tertiary/aromatic N) is 4. The van der Waals surface area contributed by atoms with E-state index in [9.17, 15) is 9.90 Å². The summed E-state index contributed by atoms with van der Waals surface area (Å²) in [7, 11) is 0. The number of carbonyl (C=O) groups excluding carboxylic acids is 1. The summed E-state index contributed by atoms with van der Waals surface area (Å²) in [5.41, 5.74) is 0.481. The van der Waals surface area contributed by atoms with E-state index >= 15 is 0 Å². The first-order valence-corrected chi connectivity index (χ1v) is 8.49. The quantitative estimate of drug-likeness (QED) is 0.814. The number of aliphatic hydroxyl groups excluding tert-OH is 1. The molecule has 2 aromatic rings. The molecule has 25 heavy (non-hydrogen) atoms. The van der Waals surface area contributed by atoms with Crippen LogP contribution >= 0.6 is 0 Å². The number of aliphatic hydroxyl groups is 1. The zero-order valence-electron chi connectivity index (χ0n) is 14.5. The van der Waals surface area contributed by atoms with Crippen molar-refractivity contribution in [2.24, 2.45) is 5.92 Å². The van der Waals surface area contributed by atoms with Gasteiger partial charge in [0, 0.05) is 37.7 Å². The van der Waals surface area contributed by atoms with Gasteiger partial charge < -0.3 is 19.8 Å². The molecule has 8 nitrogen and oxygen atoms in total. The van der Waals surface area contributed by atoms with Crippen LogP contribution in [0.1, 0.15) is 48.3 Å². The first kappa shape index (κ1) is 17.3. The van der Waals surface area contributed by atoms with Crippen LogP contribution in [0.15, 0.2) is 22.9 Å². The number of anilines is 1. The minimum absolute atomic E-state index is 0.157. The predicted octanol–water partition coefficient (Wildman–Crippen LogP) is 1.34. The average Bonchev–Trinajstić information content (AvgIpc) is 3.29. The first-order chi connectivity index (χ1) is 12.1. The van der Waals surface area contributed by atoms with Crippen LogP contribution in [0.4, 0.5) is 5.82 Å². The van der Waals surface area contributed by atoms with Gasteiger partial charge in [-0.2, -0.15) is 4.98 Å². The third-order valence-corrected chi connectivity index (χ3v) is 4.26. The summed E-state index contributed by atoms with van der Waals surface area (Å²) in [5.74, 6) is 2.06. The van der Waals surface area contributed by atoms with E-state index in [1.54, 1.807) is 12.3 Å². The van der Waals surface area contributed by atoms with Crippen molar-refractivity contribution in [3.8, 4) is 0 Å². The third kappa shape index (κ3) is 4.14. The van der Waals surface area contributed by atoms with Crippen LogP contribution in [0.25, 0.3) is 0 Å². The molecule has 1 aliphatic heterocycles. The number of hydrogen-bond acceptors (Lipinski definition) is 7. The molecule has 1 atom stereocenters. The lowest BCUT2D eigenvalue weighted by atomic mass is 10.1. The molecule has 3 heterocycles. The maximum atomic E-state index is 12.2. The van der Waals surface area contributed by atoms with Crippen molar-refractivity contribution in [3.05, 3.63) is 35.6 Å². The zero-order valence-corrected chi connectivity index (χ0v) is 14.5. The van der Waals surface area contributed by atoms with Crippen LogP contribution in [-0.4, -0.2) is 45.8 Å². The van der Waals surface area contributed by atoms with E-state index in [0.29, 0.717) is 23.2 Å². The molecule has 1 unspecified atom stereocenters. The fourth-order valence-electron chi connectivity index (χ4n) is 2.73. The van der Waals surface area contributed by atoms with E-state index in [4.69, 9.17) is 4.52 Å². The molecule has 0 aromatic carbocycles. The standard InChI is InChI=1S/C17H23N5O3/c1-11(2)17-20-14(21-25-17)8-19-16(24)13-3-4-15(18-7-13)22-6-5-12(9-22)10-23/h3-4,7,11-12,23H,5-6,8-10H2,1-2H3,(H,19,24). The molecule has 8 heteroatoms. The molecule has 134 valence electrons. The van der Waals surface area contributed by atoms with Crippen molar-refractivity contribution in [1.29, 1.82) is 0 Å². The topological polar surface area (TPSA) is 104 Å². The van der Waals surface area contributed by atoms with Crippen LogP contribution in [0.5, 0.6) is 0 Å². The van der Waals surface area contributed by atoms with E-state index in [1.807, 2.05) is 19.9 Å². The summed E-state index contributed by atoms with van der Waals surface area (Å²) in [6.45, 7) is 6.01. The highest BCUT2D eigenvalue weighted by molar-refractivity contribution is 5.93. The molecule has 0 saturated carbocycles. The SMILES string of the molecule is CC(C)c1nc(CNC(=O)c2ccc(N3CCC(CO)C3)nc2)no1. The highest BCUT2D eigenvalue weighted by Crippen LogP contribution is 2.21. The lowest BCUT2D eigenvalue weighted by Crippen LogP contribution is -2.24. The Balaban J connectivity index is 1.55. The zero-order chi connectivity index (χ0) is 17.8. The smallest absolute Gasteiger partial charge is 0.253 e. The predicted molar refractivity (Wildman–Crippen MR) is 91.2 cm³/mol. The normalized spacial score (nSPS) is 17.3. The van der Waals surface area contributed by atoms with Crippen molar-refractivity contribution in [2.45, 2.75) is 32.7 Å². The summed E-state index contributed by atoms with van der Waals surface area (Å²) in [5, 5.41) is 15.8. The van der Waals surface area contributed by atoms with Crippen molar-refractivity contribution >= 4 is 11.7 Å². The second-order valence-corrected chi connectivity index (χ2v) is 6.57. The molecule has 1 fully saturated rings. The Morgan fingerprint density at radius 2 is 2.32 bits per heavy atom. The molecule has 1 amide bonds. The summed E-state index contributed by atoms with van der Waals surface area (Å²) in [6, 6.07) is 3.58. The Hall–Kier alpha value is -2.48. The van der Waals surface area contributed by atoms with Crippen LogP contribution in [-0.2, 0) is 6.54 Å². The summed E-state index contributed by atoms with van der Waals surface area (Å²) in [4.78, 5) is 22.9. The third-order valence-electron chi connectivity index (χ3n) is 4.26. The summed E-state index contributed by atoms with van der Waals surface area (Å²) in [6.07, 6.45) is 2.52. The van der Waals surface area contributed by atoms with E-state index < -0.39 is 0 Å². The fourth-order valence-corrected chi connectivity index (χ4v) is 2.73. The van der Waals surface area contributed by atoms with Crippen molar-refractivity contribution in [3.63, 3.8) is 0 Å². The van der Waals surface area contributed by atoms with Gasteiger partial charge in [0.25, 0.3) is 5.91 Å². The van der Waals surface area contributed by atoms with Crippen LogP contribution in [0.2, 0.25) is 0 Å². The second-order valence-electron chi connectivity index (χ2n) is 6.57. The van der Waals surface area contributed by atoms with Gasteiger partial charge in [0.15, 0.2) is 5.82 Å². The number of rotatable bonds is 6. The highest BCUT2D eigenvalue weighted by atomic mass is 16.5. The maximum Gasteiger partial charge on any atom is 0.253 e. The summed E-state index contributed by atoms with van der Waals surface area (Å²) < 4.78 is 5.11. The van der Waals surface area contributed by atoms with E-state index in [-0.39, 0.29) is 25.0 Å². The number of aromatic nitrogens is 3. The first-order valence-electron chi connectivity index (χ1n) is 8.49. The largest absolute Gasteiger partial charge is 0.396 e. The van der Waals surface area contributed by atoms with Gasteiger partial charge in [0.1, 0.15) is 5.82 Å². The Bertz CT molecular complexity index is 713. The Labute approximate surface area is 146 Å². The highest BCUT2D eigenvalue weighted by Gasteiger charge is 2.22. The van der Waals surface area contributed by atoms with Gasteiger partial charge in [-0.15, -0.1) is 0 Å². The van der Waals surface area contributed by atoms with Crippen LogP contribution in [0.3, 0.4) is 0 Å². The maximum absolute atomic E-state index is 12.2. The van der Waals surface area contributed by atoms with Crippen LogP contribution in [0, 0.1) is 5.92 Å². The molecule has 3 rings (SSSR count). The van der Waals surface area contributed by atoms with Crippen LogP contribution < -0.4 is 10.2 Å². The number of hydrogen-bond donors (Lipinski definition) is 2. The van der Waals surface area contributed by atoms with Gasteiger partial charge in [-0.25, -0.2) is 4.98 Å². The van der Waals surface area contributed by atoms with Crippen molar-refractivity contribution in [1.82, 2.24) is 20.4 Å². The molecule has 0 spiro atoms. The van der Waals surface area contributed by atoms with E-state index in [0.717, 1.165) is 25.3 Å². The lowest BCUT2D eigenvalue weighted by Gasteiger charge is -2.17. The van der Waals surface area contributed by atoms with Gasteiger partial charge in [0.05, 0.1) is 12.1 Å². The molecular weight excluding hydrogens is 322 g/mol. The molecule has 0 aliphatic carbocycles. The number of nitrogens with one attached hydrogen (secondary N) is 1. The number of carbonyl (C=O) groups is 1. The van der Waals surface area contributed by atoms with Gasteiger partial charge in [-0.05, 0) is 18.6 Å². The van der Waals surface area contributed by atoms with Gasteiger partial charge in [0.2, 0.25) is 5.89 Å². The monoisotopic (exact) mass is 345 g/mol. The molecule has 0 radical (unpaired) electrons. The van der Waals surface area contributed by atoms with Gasteiger partial charge in [-0.3, -0.25) is 4.79 Å². The molecule has 1 saturated heterocycles. The van der Waals surface area contributed by atoms with Crippen molar-refractivity contribution < 1.29 is 14.4 Å². The minimum Gasteiger partial charge on any atom is -0.396 e. The Morgan fingerprint density at radius 1 is 1.48 bits per heavy atom. The molecule has 2 aromatic heterocycles. The van der Waals surface area contributed by atoms with E-state index in [2.05, 4.69) is 25.3 Å².